The number of carbonyl (C=O) groups excluding carboxylic acids is 1. The van der Waals surface area contributed by atoms with Crippen LogP contribution in [0, 0.1) is 0 Å². The Bertz CT molecular complexity index is 987. The highest BCUT2D eigenvalue weighted by molar-refractivity contribution is 5.99. The maximum atomic E-state index is 12.1. The average Bonchev–Trinajstić information content (AvgIpc) is 2.83. The molecule has 1 aromatic heterocycles. The van der Waals surface area contributed by atoms with Gasteiger partial charge in [0.1, 0.15) is 5.75 Å². The molecule has 2 heterocycles. The number of aromatic nitrogens is 2. The van der Waals surface area contributed by atoms with Crippen molar-refractivity contribution in [2.75, 3.05) is 24.3 Å². The molecule has 136 valence electrons. The van der Waals surface area contributed by atoms with E-state index in [9.17, 15) is 4.79 Å². The third-order valence-corrected chi connectivity index (χ3v) is 4.50. The molecule has 1 aliphatic heterocycles. The fourth-order valence-electron chi connectivity index (χ4n) is 3.17. The summed E-state index contributed by atoms with van der Waals surface area (Å²) in [6, 6.07) is 15.7. The molecule has 0 saturated carbocycles. The Morgan fingerprint density at radius 1 is 1.19 bits per heavy atom. The number of nitrogens with zero attached hydrogens (tertiary/aromatic N) is 2. The van der Waals surface area contributed by atoms with Gasteiger partial charge in [0.2, 0.25) is 11.9 Å². The Hall–Kier alpha value is -3.41. The lowest BCUT2D eigenvalue weighted by Gasteiger charge is -2.10. The van der Waals surface area contributed by atoms with Gasteiger partial charge in [0.15, 0.2) is 0 Å². The number of hydrogen-bond donors (Lipinski definition) is 2. The Morgan fingerprint density at radius 3 is 2.96 bits per heavy atom. The van der Waals surface area contributed by atoms with Crippen LogP contribution in [0.15, 0.2) is 54.7 Å². The van der Waals surface area contributed by atoms with Crippen molar-refractivity contribution < 1.29 is 9.53 Å². The first-order valence-electron chi connectivity index (χ1n) is 8.85. The fraction of sp³-hybridized carbons (Fsp3) is 0.190. The first kappa shape index (κ1) is 17.0. The van der Waals surface area contributed by atoms with Gasteiger partial charge in [-0.05, 0) is 30.2 Å². The van der Waals surface area contributed by atoms with Crippen molar-refractivity contribution in [3.05, 3.63) is 65.9 Å². The molecule has 4 rings (SSSR count). The third-order valence-electron chi connectivity index (χ3n) is 4.50. The Labute approximate surface area is 157 Å². The number of hydrogen-bond acceptors (Lipinski definition) is 5. The van der Waals surface area contributed by atoms with Crippen LogP contribution in [-0.4, -0.2) is 29.5 Å². The quantitative estimate of drug-likeness (QED) is 0.730. The van der Waals surface area contributed by atoms with E-state index in [2.05, 4.69) is 26.7 Å². The molecule has 0 fully saturated rings. The number of nitrogens with one attached hydrogen (secondary N) is 2. The van der Waals surface area contributed by atoms with Gasteiger partial charge in [0, 0.05) is 23.9 Å². The maximum absolute atomic E-state index is 12.1. The smallest absolute Gasteiger partial charge is 0.228 e. The van der Waals surface area contributed by atoms with Crippen LogP contribution in [-0.2, 0) is 17.6 Å². The minimum absolute atomic E-state index is 0.0523. The Morgan fingerprint density at radius 2 is 2.07 bits per heavy atom. The molecule has 2 aromatic carbocycles. The van der Waals surface area contributed by atoms with Gasteiger partial charge in [0.05, 0.1) is 24.9 Å². The van der Waals surface area contributed by atoms with E-state index in [0.29, 0.717) is 12.5 Å². The number of methoxy groups -OCH3 is 1. The number of carbonyl (C=O) groups is 1. The van der Waals surface area contributed by atoms with Gasteiger partial charge in [-0.15, -0.1) is 0 Å². The number of ether oxygens (including phenoxy) is 1. The second kappa shape index (κ2) is 7.45. The van der Waals surface area contributed by atoms with Gasteiger partial charge in [0.25, 0.3) is 0 Å². The highest BCUT2D eigenvalue weighted by atomic mass is 16.5. The van der Waals surface area contributed by atoms with E-state index in [1.807, 2.05) is 42.5 Å². The van der Waals surface area contributed by atoms with Crippen LogP contribution in [0.3, 0.4) is 0 Å². The van der Waals surface area contributed by atoms with Gasteiger partial charge in [-0.3, -0.25) is 4.79 Å². The van der Waals surface area contributed by atoms with Crippen molar-refractivity contribution >= 4 is 17.5 Å². The molecule has 0 radical (unpaired) electrons. The summed E-state index contributed by atoms with van der Waals surface area (Å²) in [7, 11) is 1.67. The first-order valence-corrected chi connectivity index (χ1v) is 8.85. The predicted molar refractivity (Wildman–Crippen MR) is 105 cm³/mol. The minimum Gasteiger partial charge on any atom is -0.497 e. The first-order chi connectivity index (χ1) is 13.2. The van der Waals surface area contributed by atoms with Crippen LogP contribution in [0.4, 0.5) is 11.6 Å². The van der Waals surface area contributed by atoms with Gasteiger partial charge in [-0.1, -0.05) is 30.3 Å². The molecule has 0 unspecified atom stereocenters. The molecule has 1 amide bonds. The maximum Gasteiger partial charge on any atom is 0.228 e. The van der Waals surface area contributed by atoms with Crippen LogP contribution in [0.2, 0.25) is 0 Å². The molecular weight excluding hydrogens is 340 g/mol. The molecule has 3 aromatic rings. The normalized spacial score (nSPS) is 12.4. The summed E-state index contributed by atoms with van der Waals surface area (Å²) < 4.78 is 5.26. The second-order valence-corrected chi connectivity index (χ2v) is 6.37. The van der Waals surface area contributed by atoms with Gasteiger partial charge >= 0.3 is 0 Å². The van der Waals surface area contributed by atoms with E-state index >= 15 is 0 Å². The summed E-state index contributed by atoms with van der Waals surface area (Å²) in [6.07, 6.45) is 2.83. The summed E-state index contributed by atoms with van der Waals surface area (Å²) in [6.45, 7) is 0.699. The lowest BCUT2D eigenvalue weighted by Crippen LogP contribution is -2.13. The van der Waals surface area contributed by atoms with Crippen LogP contribution < -0.4 is 15.4 Å². The monoisotopic (exact) mass is 360 g/mol. The van der Waals surface area contributed by atoms with Crippen LogP contribution >= 0.6 is 0 Å². The predicted octanol–water partition coefficient (Wildman–Crippen LogP) is 3.30. The number of rotatable bonds is 5. The third kappa shape index (κ3) is 3.74. The Kier molecular flexibility index (Phi) is 4.70. The summed E-state index contributed by atoms with van der Waals surface area (Å²) in [4.78, 5) is 21.1. The topological polar surface area (TPSA) is 76.1 Å². The van der Waals surface area contributed by atoms with Crippen molar-refractivity contribution in [3.8, 4) is 17.0 Å². The zero-order valence-electron chi connectivity index (χ0n) is 15.0. The van der Waals surface area contributed by atoms with Crippen molar-refractivity contribution in [2.45, 2.75) is 12.8 Å². The second-order valence-electron chi connectivity index (χ2n) is 6.37. The molecule has 0 saturated heterocycles. The summed E-state index contributed by atoms with van der Waals surface area (Å²) >= 11 is 0. The molecule has 0 atom stereocenters. The van der Waals surface area contributed by atoms with Crippen molar-refractivity contribution in [2.24, 2.45) is 0 Å². The molecule has 0 spiro atoms. The number of anilines is 2. The molecular formula is C21H20N4O2. The molecule has 0 aliphatic carbocycles. The minimum atomic E-state index is -0.0523. The highest BCUT2D eigenvalue weighted by Gasteiger charge is 2.20. The van der Waals surface area contributed by atoms with Gasteiger partial charge in [-0.25, -0.2) is 9.97 Å². The molecule has 6 nitrogen and oxygen atoms in total. The van der Waals surface area contributed by atoms with Gasteiger partial charge < -0.3 is 15.4 Å². The van der Waals surface area contributed by atoms with E-state index in [-0.39, 0.29) is 12.3 Å². The largest absolute Gasteiger partial charge is 0.497 e. The van der Waals surface area contributed by atoms with Crippen LogP contribution in [0.25, 0.3) is 11.3 Å². The van der Waals surface area contributed by atoms with E-state index < -0.39 is 0 Å². The number of amides is 1. The zero-order valence-corrected chi connectivity index (χ0v) is 15.0. The van der Waals surface area contributed by atoms with Crippen molar-refractivity contribution in [1.82, 2.24) is 9.97 Å². The Balaban J connectivity index is 1.53. The summed E-state index contributed by atoms with van der Waals surface area (Å²) in [5, 5.41) is 6.20. The van der Waals surface area contributed by atoms with E-state index in [0.717, 1.165) is 34.7 Å². The van der Waals surface area contributed by atoms with Crippen LogP contribution in [0.5, 0.6) is 5.75 Å². The van der Waals surface area contributed by atoms with E-state index in [4.69, 9.17) is 4.74 Å². The van der Waals surface area contributed by atoms with Crippen molar-refractivity contribution in [3.63, 3.8) is 0 Å². The number of fused-ring (bicyclic) bond motifs is 3. The standard InChI is InChI=1S/C21H20N4O2/c1-27-16-6-4-5-14(11-16)9-10-22-21-23-13-15-12-19(26)24-18-8-3-2-7-17(18)20(15)25-21/h2-8,11,13H,9-10,12H2,1H3,(H,24,26)(H,22,23,25). The zero-order chi connectivity index (χ0) is 18.6. The molecule has 6 heteroatoms. The molecule has 27 heavy (non-hydrogen) atoms. The summed E-state index contributed by atoms with van der Waals surface area (Å²) in [5.74, 6) is 1.35. The lowest BCUT2D eigenvalue weighted by atomic mass is 10.1. The number of para-hydroxylation sites is 1. The van der Waals surface area contributed by atoms with Gasteiger partial charge in [-0.2, -0.15) is 0 Å². The lowest BCUT2D eigenvalue weighted by molar-refractivity contribution is -0.115. The number of benzene rings is 2. The highest BCUT2D eigenvalue weighted by Crippen LogP contribution is 2.32. The molecule has 2 N–H and O–H groups in total. The molecule has 0 bridgehead atoms. The van der Waals surface area contributed by atoms with E-state index in [1.165, 1.54) is 5.56 Å². The van der Waals surface area contributed by atoms with Crippen LogP contribution in [0.1, 0.15) is 11.1 Å². The van der Waals surface area contributed by atoms with Crippen molar-refractivity contribution in [1.29, 1.82) is 0 Å². The fourth-order valence-corrected chi connectivity index (χ4v) is 3.17. The van der Waals surface area contributed by atoms with E-state index in [1.54, 1.807) is 13.3 Å². The summed E-state index contributed by atoms with van der Waals surface area (Å²) in [5.41, 5.74) is 4.49. The average molecular weight is 360 g/mol. The molecule has 1 aliphatic rings. The SMILES string of the molecule is COc1cccc(CCNc2ncc3c(n2)-c2ccccc2NC(=O)C3)c1.